The highest BCUT2D eigenvalue weighted by molar-refractivity contribution is 7.80. The van der Waals surface area contributed by atoms with Crippen LogP contribution in [-0.2, 0) is 4.79 Å². The Labute approximate surface area is 122 Å². The van der Waals surface area contributed by atoms with Crippen LogP contribution in [0.5, 0.6) is 0 Å². The lowest BCUT2D eigenvalue weighted by molar-refractivity contribution is -0.187. The third-order valence-corrected chi connectivity index (χ3v) is 4.30. The Morgan fingerprint density at radius 1 is 1.45 bits per heavy atom. The van der Waals surface area contributed by atoms with Crippen LogP contribution in [0.4, 0.5) is 13.2 Å². The van der Waals surface area contributed by atoms with Gasteiger partial charge < -0.3 is 10.6 Å². The van der Waals surface area contributed by atoms with Gasteiger partial charge in [-0.3, -0.25) is 4.79 Å². The smallest absolute Gasteiger partial charge is 0.391 e. The van der Waals surface area contributed by atoms with E-state index in [1.807, 2.05) is 0 Å². The van der Waals surface area contributed by atoms with Gasteiger partial charge in [0.25, 0.3) is 0 Å². The second-order valence-corrected chi connectivity index (χ2v) is 6.10. The molecule has 3 nitrogen and oxygen atoms in total. The zero-order valence-electron chi connectivity index (χ0n) is 11.7. The van der Waals surface area contributed by atoms with E-state index in [1.165, 1.54) is 4.90 Å². The molecule has 3 unspecified atom stereocenters. The summed E-state index contributed by atoms with van der Waals surface area (Å²) in [5.74, 6) is -2.27. The molecule has 0 spiro atoms. The maximum Gasteiger partial charge on any atom is 0.391 e. The highest BCUT2D eigenvalue weighted by atomic mass is 32.1. The molecule has 7 heteroatoms. The van der Waals surface area contributed by atoms with E-state index in [2.05, 4.69) is 0 Å². The number of halogens is 3. The molecule has 0 heterocycles. The van der Waals surface area contributed by atoms with Crippen molar-refractivity contribution in [2.75, 3.05) is 13.6 Å². The maximum atomic E-state index is 12.7. The highest BCUT2D eigenvalue weighted by Gasteiger charge is 2.44. The number of nitrogens with two attached hydrogens (primary N) is 1. The predicted molar refractivity (Wildman–Crippen MR) is 75.1 cm³/mol. The Kier molecular flexibility index (Phi) is 5.79. The van der Waals surface area contributed by atoms with Gasteiger partial charge in [0.05, 0.1) is 10.9 Å². The molecule has 0 aromatic heterocycles. The van der Waals surface area contributed by atoms with Gasteiger partial charge in [-0.2, -0.15) is 13.2 Å². The van der Waals surface area contributed by atoms with Crippen molar-refractivity contribution >= 4 is 23.1 Å². The summed E-state index contributed by atoms with van der Waals surface area (Å²) in [7, 11) is 1.59. The second kappa shape index (κ2) is 6.74. The lowest BCUT2D eigenvalue weighted by atomic mass is 9.80. The summed E-state index contributed by atoms with van der Waals surface area (Å²) >= 11 is 4.84. The minimum absolute atomic E-state index is 0.103. The molecule has 1 aliphatic rings. The van der Waals surface area contributed by atoms with E-state index in [4.69, 9.17) is 18.0 Å². The Balaban J connectivity index is 2.60. The first-order valence-electron chi connectivity index (χ1n) is 6.74. The number of rotatable bonds is 4. The van der Waals surface area contributed by atoms with Crippen molar-refractivity contribution < 1.29 is 18.0 Å². The molecule has 20 heavy (non-hydrogen) atoms. The molecule has 1 rings (SSSR count). The third-order valence-electron chi connectivity index (χ3n) is 3.90. The SMILES string of the molecule is CC(CN(C)C(=O)C1CCCC(C(F)(F)F)C1)C(N)=S. The average molecular weight is 310 g/mol. The van der Waals surface area contributed by atoms with Crippen molar-refractivity contribution in [1.82, 2.24) is 4.90 Å². The molecule has 2 N–H and O–H groups in total. The number of carbonyl (C=O) groups is 1. The molecule has 0 aliphatic heterocycles. The molecule has 1 fully saturated rings. The van der Waals surface area contributed by atoms with Crippen LogP contribution in [0.1, 0.15) is 32.6 Å². The van der Waals surface area contributed by atoms with Crippen LogP contribution in [0.15, 0.2) is 0 Å². The minimum Gasteiger partial charge on any atom is -0.393 e. The fourth-order valence-corrected chi connectivity index (χ4v) is 2.69. The van der Waals surface area contributed by atoms with Crippen molar-refractivity contribution in [2.45, 2.75) is 38.8 Å². The Morgan fingerprint density at radius 3 is 2.55 bits per heavy atom. The van der Waals surface area contributed by atoms with Crippen LogP contribution in [0.3, 0.4) is 0 Å². The number of hydrogen-bond donors (Lipinski definition) is 1. The van der Waals surface area contributed by atoms with E-state index in [-0.39, 0.29) is 24.7 Å². The summed E-state index contributed by atoms with van der Waals surface area (Å²) in [6.07, 6.45) is -3.21. The standard InChI is InChI=1S/C13H21F3N2OS/c1-8(11(17)20)7-18(2)12(19)9-4-3-5-10(6-9)13(14,15)16/h8-10H,3-7H2,1-2H3,(H2,17,20). The molecule has 0 aromatic rings. The molecular formula is C13H21F3N2OS. The van der Waals surface area contributed by atoms with Crippen LogP contribution >= 0.6 is 12.2 Å². The lowest BCUT2D eigenvalue weighted by Gasteiger charge is -2.32. The quantitative estimate of drug-likeness (QED) is 0.812. The number of amides is 1. The van der Waals surface area contributed by atoms with Crippen LogP contribution in [0, 0.1) is 17.8 Å². The Hall–Kier alpha value is -0.850. The maximum absolute atomic E-state index is 12.7. The molecular weight excluding hydrogens is 289 g/mol. The lowest BCUT2D eigenvalue weighted by Crippen LogP contribution is -2.41. The van der Waals surface area contributed by atoms with E-state index in [0.717, 1.165) is 0 Å². The van der Waals surface area contributed by atoms with E-state index in [1.54, 1.807) is 14.0 Å². The van der Waals surface area contributed by atoms with Gasteiger partial charge >= 0.3 is 6.18 Å². The first-order valence-corrected chi connectivity index (χ1v) is 7.14. The molecule has 0 saturated heterocycles. The Morgan fingerprint density at radius 2 is 2.05 bits per heavy atom. The van der Waals surface area contributed by atoms with Crippen molar-refractivity contribution in [2.24, 2.45) is 23.5 Å². The van der Waals surface area contributed by atoms with E-state index in [0.29, 0.717) is 24.4 Å². The van der Waals surface area contributed by atoms with Gasteiger partial charge in [0.1, 0.15) is 0 Å². The van der Waals surface area contributed by atoms with Gasteiger partial charge in [0, 0.05) is 25.4 Å². The summed E-state index contributed by atoms with van der Waals surface area (Å²) in [5.41, 5.74) is 5.49. The van der Waals surface area contributed by atoms with Gasteiger partial charge in [-0.25, -0.2) is 0 Å². The monoisotopic (exact) mass is 310 g/mol. The number of alkyl halides is 3. The third kappa shape index (κ3) is 4.61. The summed E-state index contributed by atoms with van der Waals surface area (Å²) in [5, 5.41) is 0. The largest absolute Gasteiger partial charge is 0.393 e. The second-order valence-electron chi connectivity index (χ2n) is 5.62. The minimum atomic E-state index is -4.20. The summed E-state index contributed by atoms with van der Waals surface area (Å²) in [4.78, 5) is 14.0. The number of hydrogen-bond acceptors (Lipinski definition) is 2. The van der Waals surface area contributed by atoms with Gasteiger partial charge in [-0.05, 0) is 19.3 Å². The summed E-state index contributed by atoms with van der Waals surface area (Å²) in [6, 6.07) is 0. The highest BCUT2D eigenvalue weighted by Crippen LogP contribution is 2.40. The van der Waals surface area contributed by atoms with Crippen LogP contribution in [0.2, 0.25) is 0 Å². The summed E-state index contributed by atoms with van der Waals surface area (Å²) in [6.45, 7) is 2.15. The molecule has 3 atom stereocenters. The van der Waals surface area contributed by atoms with E-state index < -0.39 is 18.0 Å². The van der Waals surface area contributed by atoms with Gasteiger partial charge in [-0.15, -0.1) is 0 Å². The fraction of sp³-hybridized carbons (Fsp3) is 0.846. The van der Waals surface area contributed by atoms with Crippen molar-refractivity contribution in [3.63, 3.8) is 0 Å². The number of nitrogens with zero attached hydrogens (tertiary/aromatic N) is 1. The molecule has 1 aliphatic carbocycles. The number of thiocarbonyl (C=S) groups is 1. The van der Waals surface area contributed by atoms with Gasteiger partial charge in [-0.1, -0.05) is 25.6 Å². The van der Waals surface area contributed by atoms with Crippen molar-refractivity contribution in [1.29, 1.82) is 0 Å². The van der Waals surface area contributed by atoms with Crippen LogP contribution in [0.25, 0.3) is 0 Å². The first kappa shape index (κ1) is 17.2. The fourth-order valence-electron chi connectivity index (χ4n) is 2.61. The Bertz CT molecular complexity index is 373. The topological polar surface area (TPSA) is 46.3 Å². The van der Waals surface area contributed by atoms with Crippen LogP contribution in [-0.4, -0.2) is 35.6 Å². The van der Waals surface area contributed by atoms with Crippen molar-refractivity contribution in [3.8, 4) is 0 Å². The molecule has 0 radical (unpaired) electrons. The van der Waals surface area contributed by atoms with E-state index >= 15 is 0 Å². The van der Waals surface area contributed by atoms with Crippen molar-refractivity contribution in [3.05, 3.63) is 0 Å². The van der Waals surface area contributed by atoms with E-state index in [9.17, 15) is 18.0 Å². The van der Waals surface area contributed by atoms with Gasteiger partial charge in [0.2, 0.25) is 5.91 Å². The average Bonchev–Trinajstić information content (AvgIpc) is 2.36. The van der Waals surface area contributed by atoms with Crippen LogP contribution < -0.4 is 5.73 Å². The number of carbonyl (C=O) groups excluding carboxylic acids is 1. The first-order chi connectivity index (χ1) is 9.12. The normalized spacial score (nSPS) is 25.1. The van der Waals surface area contributed by atoms with Gasteiger partial charge in [0.15, 0.2) is 0 Å². The zero-order chi connectivity index (χ0) is 15.5. The molecule has 116 valence electrons. The zero-order valence-corrected chi connectivity index (χ0v) is 12.6. The molecule has 0 aromatic carbocycles. The molecule has 0 bridgehead atoms. The molecule has 1 saturated carbocycles. The molecule has 1 amide bonds. The summed E-state index contributed by atoms with van der Waals surface area (Å²) < 4.78 is 38.2. The predicted octanol–water partition coefficient (Wildman–Crippen LogP) is 2.74.